The number of phosphoric ester groups is 1. The van der Waals surface area contributed by atoms with E-state index >= 15 is 0 Å². The molecule has 4 aliphatic rings. The molecule has 32 nitrogen and oxygen atoms in total. The smallest absolute Gasteiger partial charge is 0.265 e. The number of aliphatic hydroxyl groups excluding tert-OH is 9. The van der Waals surface area contributed by atoms with Crippen molar-refractivity contribution in [2.45, 2.75) is 333 Å². The first kappa shape index (κ1) is 104. The maximum absolute atomic E-state index is 14.2. The van der Waals surface area contributed by atoms with Crippen LogP contribution in [0.4, 0.5) is 0 Å². The summed E-state index contributed by atoms with van der Waals surface area (Å²) in [6.07, 6.45) is 6.02. The number of carbonyl (C=O) groups is 8. The normalized spacial score (nSPS) is 27.4. The fourth-order valence-electron chi connectivity index (χ4n) is 15.2. The van der Waals surface area contributed by atoms with Crippen LogP contribution in [-0.2, 0) is 90.1 Å². The summed E-state index contributed by atoms with van der Waals surface area (Å²) < 4.78 is 68.7. The van der Waals surface area contributed by atoms with Crippen molar-refractivity contribution >= 4 is 54.3 Å². The zero-order valence-electron chi connectivity index (χ0n) is 69.0. The average Bonchev–Trinajstić information content (AvgIpc) is 1.85. The number of hydrogen-bond donors (Lipinski definition) is 12. The molecule has 0 bridgehead atoms. The summed E-state index contributed by atoms with van der Waals surface area (Å²) in [5.74, 6) is -2.23. The monoisotopic (exact) mass is 1670 g/mol. The van der Waals surface area contributed by atoms with Gasteiger partial charge in [0.2, 0.25) is 11.8 Å². The number of amides is 2. The number of nitrogens with one attached hydrogen (secondary N) is 2. The van der Waals surface area contributed by atoms with Crippen LogP contribution in [0.2, 0.25) is 0 Å². The van der Waals surface area contributed by atoms with Gasteiger partial charge in [-0.1, -0.05) is 79.1 Å². The zero-order valence-corrected chi connectivity index (χ0v) is 69.9. The second-order valence-electron chi connectivity index (χ2n) is 32.6. The molecule has 0 spiro atoms. The molecule has 4 fully saturated rings. The van der Waals surface area contributed by atoms with Crippen LogP contribution in [0.15, 0.2) is 0 Å². The minimum absolute atomic E-state index is 0.0281. The number of aliphatic hydroxyl groups is 9. The molecule has 0 aromatic carbocycles. The minimum atomic E-state index is -4.89. The summed E-state index contributed by atoms with van der Waals surface area (Å²) in [7, 11) is -4.89. The number of phosphoric acid groups is 1. The standard InChI is InChI=1S/C82H145N2O30P/c1-56-46-60(52-111-115(102,103)104)66(47-56)67(93)33-18-10-8-6-5-7-9-13-32-65(92)48-82(53-105-43-35-63(90)28-16-11-14-26-61(88)30-19-22-40-108-79-57(2)73(96)76(99)68(49-85)112-79,54-106-44-36-64(91)29-17-12-15-27-62(89)31-20-23-41-109-80-58(3)74(97)77(100)69(50-86)113-80)55-107-45-37-72(95)84-39-25-38-83-71(94)34-21-24-42-110-81-59(4)75(98)78(101)70(51-87)114-81/h56-60,66,68-70,73-81,85-87,96-101H,5-55H2,1-4H3,(H,83,94)(H,84,95)(H2,102,103,104)/p-1/t56-,57?,58?,59?,60+,66?,68?,69?,70?,73?,74?,75?,76?,77?,78?,79?,80?,81?,82?/m1/s1. The predicted octanol–water partition coefficient (Wildman–Crippen LogP) is 5.35. The highest BCUT2D eigenvalue weighted by Gasteiger charge is 2.45. The highest BCUT2D eigenvalue weighted by Crippen LogP contribution is 2.42. The van der Waals surface area contributed by atoms with E-state index in [1.54, 1.807) is 20.8 Å². The van der Waals surface area contributed by atoms with Crippen molar-refractivity contribution in [3.8, 4) is 0 Å². The van der Waals surface area contributed by atoms with Gasteiger partial charge in [0.15, 0.2) is 18.9 Å². The number of Topliss-reactive ketones (excluding diaryl/α,β-unsaturated/α-hetero) is 6. The van der Waals surface area contributed by atoms with Crippen LogP contribution >= 0.6 is 7.82 Å². The summed E-state index contributed by atoms with van der Waals surface area (Å²) in [5.41, 5.74) is -1.10. The van der Waals surface area contributed by atoms with Crippen LogP contribution in [0.1, 0.15) is 259 Å². The van der Waals surface area contributed by atoms with Crippen molar-refractivity contribution in [3.63, 3.8) is 0 Å². The first-order valence-electron chi connectivity index (χ1n) is 42.8. The number of ether oxygens (including phenoxy) is 9. The Hall–Kier alpha value is -3.65. The molecule has 2 amide bonds. The van der Waals surface area contributed by atoms with Gasteiger partial charge in [0.05, 0.1) is 84.4 Å². The van der Waals surface area contributed by atoms with Crippen LogP contribution in [0.3, 0.4) is 0 Å². The third-order valence-electron chi connectivity index (χ3n) is 22.5. The molecular formula is C82H144N2O30P-. The van der Waals surface area contributed by atoms with Crippen LogP contribution in [0.25, 0.3) is 0 Å². The Balaban J connectivity index is 1.28. The Morgan fingerprint density at radius 3 is 1.10 bits per heavy atom. The molecule has 3 heterocycles. The fraction of sp³-hybridized carbons (Fsp3) is 0.902. The summed E-state index contributed by atoms with van der Waals surface area (Å²) >= 11 is 0. The minimum Gasteiger partial charge on any atom is -0.756 e. The summed E-state index contributed by atoms with van der Waals surface area (Å²) in [6, 6.07) is 0. The van der Waals surface area contributed by atoms with Crippen molar-refractivity contribution in [1.82, 2.24) is 10.6 Å². The lowest BCUT2D eigenvalue weighted by molar-refractivity contribution is -0.282. The molecule has 19 atom stereocenters. The lowest BCUT2D eigenvalue weighted by atomic mass is 9.83. The highest BCUT2D eigenvalue weighted by molar-refractivity contribution is 7.44. The molecule has 3 aliphatic heterocycles. The van der Waals surface area contributed by atoms with Crippen LogP contribution in [0.5, 0.6) is 0 Å². The first-order chi connectivity index (χ1) is 55.0. The third kappa shape index (κ3) is 42.6. The van der Waals surface area contributed by atoms with Gasteiger partial charge in [0.1, 0.15) is 71.3 Å². The topological polar surface area (TPSA) is 495 Å². The van der Waals surface area contributed by atoms with E-state index in [1.165, 1.54) is 0 Å². The van der Waals surface area contributed by atoms with E-state index < -0.39 is 125 Å². The Morgan fingerprint density at radius 1 is 0.400 bits per heavy atom. The number of unbranched alkanes of at least 4 members (excludes halogenated alkanes) is 14. The summed E-state index contributed by atoms with van der Waals surface area (Å²) in [5, 5.41) is 95.5. The van der Waals surface area contributed by atoms with E-state index in [0.29, 0.717) is 148 Å². The Morgan fingerprint density at radius 2 is 0.722 bits per heavy atom. The first-order valence-corrected chi connectivity index (χ1v) is 44.3. The van der Waals surface area contributed by atoms with E-state index in [9.17, 15) is 93.8 Å². The molecule has 3 saturated heterocycles. The molecule has 0 aromatic heterocycles. The molecule has 0 radical (unpaired) electrons. The lowest BCUT2D eigenvalue weighted by Crippen LogP contribution is -2.55. The van der Waals surface area contributed by atoms with Crippen molar-refractivity contribution in [3.05, 3.63) is 0 Å². The SMILES string of the molecule is CC1C(OCCCCC(=O)CCCCCC(=O)CCOCC(COCCC(=O)CCCCCC(=O)CCCCOC2OC(CO)C(O)C(O)C2C)(COCCC(=O)NCCCNC(=O)CCCCOC2OC(CO)C(O)C(O)C2C)CC(=O)CCCCCCCCCCC(=O)C2C[C@H](C)C[C@H]2COP(=O)([O-])O)OC(CO)C(O)C1O. The Bertz CT molecular complexity index is 2570. The van der Waals surface area contributed by atoms with Crippen LogP contribution in [-0.4, -0.2) is 270 Å². The molecule has 17 unspecified atom stereocenters. The summed E-state index contributed by atoms with van der Waals surface area (Å²) in [6.45, 7) is 6.63. The van der Waals surface area contributed by atoms with Crippen molar-refractivity contribution in [1.29, 1.82) is 0 Å². The molecule has 1 saturated carbocycles. The molecule has 115 heavy (non-hydrogen) atoms. The van der Waals surface area contributed by atoms with E-state index in [2.05, 4.69) is 15.2 Å². The van der Waals surface area contributed by atoms with E-state index in [4.69, 9.17) is 47.5 Å². The van der Waals surface area contributed by atoms with Gasteiger partial charge in [0, 0.05) is 145 Å². The molecule has 0 aromatic rings. The van der Waals surface area contributed by atoms with Gasteiger partial charge in [-0.25, -0.2) is 0 Å². The number of hydrogen-bond acceptors (Lipinski definition) is 29. The van der Waals surface area contributed by atoms with Crippen molar-refractivity contribution in [2.75, 3.05) is 99.0 Å². The van der Waals surface area contributed by atoms with E-state index in [-0.39, 0.29) is 188 Å². The van der Waals surface area contributed by atoms with Gasteiger partial charge in [-0.3, -0.25) is 42.9 Å². The maximum atomic E-state index is 14.2. The quantitative estimate of drug-likeness (QED) is 0.0270. The third-order valence-corrected chi connectivity index (χ3v) is 22.9. The highest BCUT2D eigenvalue weighted by atomic mass is 31.2. The largest absolute Gasteiger partial charge is 0.756 e. The Labute approximate surface area is 680 Å². The lowest BCUT2D eigenvalue weighted by Gasteiger charge is -2.40. The predicted molar refractivity (Wildman–Crippen MR) is 418 cm³/mol. The molecule has 1 aliphatic carbocycles. The van der Waals surface area contributed by atoms with Crippen molar-refractivity contribution in [2.24, 2.45) is 40.9 Å². The maximum Gasteiger partial charge on any atom is 0.265 e. The molecule has 33 heteroatoms. The zero-order chi connectivity index (χ0) is 84.6. The van der Waals surface area contributed by atoms with Gasteiger partial charge >= 0.3 is 0 Å². The second kappa shape index (κ2) is 59.2. The number of rotatable bonds is 69. The summed E-state index contributed by atoms with van der Waals surface area (Å²) in [4.78, 5) is 125. The van der Waals surface area contributed by atoms with Crippen LogP contribution in [0, 0.1) is 40.9 Å². The van der Waals surface area contributed by atoms with E-state index in [1.807, 2.05) is 6.92 Å². The van der Waals surface area contributed by atoms with Crippen molar-refractivity contribution < 1.29 is 146 Å². The molecule has 668 valence electrons. The van der Waals surface area contributed by atoms with Gasteiger partial charge < -0.3 is 114 Å². The van der Waals surface area contributed by atoms with Gasteiger partial charge in [-0.15, -0.1) is 0 Å². The number of carbonyl (C=O) groups excluding carboxylic acids is 8. The van der Waals surface area contributed by atoms with E-state index in [0.717, 1.165) is 38.5 Å². The van der Waals surface area contributed by atoms with Crippen LogP contribution < -0.4 is 15.5 Å². The van der Waals surface area contributed by atoms with Gasteiger partial charge in [-0.05, 0) is 108 Å². The Kier molecular flexibility index (Phi) is 53.3. The van der Waals surface area contributed by atoms with Gasteiger partial charge in [-0.2, -0.15) is 0 Å². The molecular weight excluding hydrogens is 1520 g/mol. The average molecular weight is 1670 g/mol. The number of ketones is 6. The molecule has 12 N–H and O–H groups in total. The van der Waals surface area contributed by atoms with Gasteiger partial charge in [0.25, 0.3) is 7.82 Å². The second-order valence-corrected chi connectivity index (χ2v) is 33.8. The molecule has 4 rings (SSSR count). The fourth-order valence-corrected chi connectivity index (χ4v) is 15.5.